The van der Waals surface area contributed by atoms with Crippen molar-refractivity contribution in [3.8, 4) is 0 Å². The Morgan fingerprint density at radius 3 is 1.49 bits per heavy atom. The van der Waals surface area contributed by atoms with E-state index in [1.807, 2.05) is 0 Å². The molecular weight excluding hydrogens is 691 g/mol. The number of likely N-dealkylation sites (N-methyl/N-ethyl adjacent to an activating group) is 1. The lowest BCUT2D eigenvalue weighted by Gasteiger charge is -2.34. The monoisotopic (exact) mass is 772 g/mol. The lowest BCUT2D eigenvalue weighted by atomic mass is 10.1. The van der Waals surface area contributed by atoms with Gasteiger partial charge in [0.15, 0.2) is 6.10 Å². The molecule has 0 aromatic heterocycles. The van der Waals surface area contributed by atoms with E-state index in [2.05, 4.69) is 74.6 Å². The van der Waals surface area contributed by atoms with Crippen LogP contribution in [0.5, 0.6) is 0 Å². The normalized spacial score (nSPS) is 13.5. The molecule has 8 nitrogen and oxygen atoms in total. The number of hydrogen-bond acceptors (Lipinski definition) is 7. The molecule has 0 radical (unpaired) electrons. The highest BCUT2D eigenvalue weighted by Gasteiger charge is 2.25. The zero-order valence-corrected chi connectivity index (χ0v) is 35.8. The average Bonchev–Trinajstić information content (AvgIpc) is 3.14. The second kappa shape index (κ2) is 37.9. The van der Waals surface area contributed by atoms with Gasteiger partial charge in [-0.05, 0) is 77.0 Å². The summed E-state index contributed by atoms with van der Waals surface area (Å²) in [4.78, 5) is 36.7. The van der Waals surface area contributed by atoms with Crippen LogP contribution in [0.4, 0.5) is 0 Å². The number of rotatable bonds is 38. The first-order chi connectivity index (χ1) is 26.6. The van der Waals surface area contributed by atoms with Crippen molar-refractivity contribution in [2.24, 2.45) is 0 Å². The second-order valence-corrected chi connectivity index (χ2v) is 15.6. The molecule has 2 atom stereocenters. The van der Waals surface area contributed by atoms with Gasteiger partial charge in [-0.15, -0.1) is 0 Å². The molecule has 2 unspecified atom stereocenters. The van der Waals surface area contributed by atoms with Crippen molar-refractivity contribution in [3.05, 3.63) is 60.8 Å². The SMILES string of the molecule is CCCC/C=C/CCCCCCC(=O)OC(COCCC(C(=O)[O-])[N+](C)(C)C)COC(=O)CCCCCCC/C=C/C/C=C/C/C=C/C/C=C/CCCCC. The van der Waals surface area contributed by atoms with Gasteiger partial charge < -0.3 is 28.6 Å². The molecule has 0 spiro atoms. The number of allylic oxidation sites excluding steroid dienone is 10. The van der Waals surface area contributed by atoms with Crippen molar-refractivity contribution in [1.82, 2.24) is 0 Å². The standard InChI is InChI=1S/C47H81NO7/c1-6-8-10-12-14-16-18-19-20-21-22-23-24-25-26-27-28-30-31-33-35-37-45(49)54-42-43(41-53-40-39-44(47(51)52)48(3,4)5)55-46(50)38-36-34-32-29-17-15-13-11-9-7-2/h13-16,19-20,22-23,25-26,43-44H,6-12,17-18,21,24,27-42H2,1-5H3/b15-13+,16-14+,20-19+,23-22+,26-25+. The minimum atomic E-state index is -1.13. The Labute approximate surface area is 337 Å². The third kappa shape index (κ3) is 36.4. The van der Waals surface area contributed by atoms with Crippen molar-refractivity contribution in [1.29, 1.82) is 0 Å². The maximum absolute atomic E-state index is 12.6. The Morgan fingerprint density at radius 1 is 0.545 bits per heavy atom. The molecule has 0 fully saturated rings. The van der Waals surface area contributed by atoms with Crippen LogP contribution in [-0.4, -0.2) is 75.5 Å². The number of carbonyl (C=O) groups is 3. The summed E-state index contributed by atoms with van der Waals surface area (Å²) in [6.07, 6.45) is 45.3. The fourth-order valence-electron chi connectivity index (χ4n) is 5.92. The zero-order chi connectivity index (χ0) is 40.7. The van der Waals surface area contributed by atoms with E-state index in [0.717, 1.165) is 96.3 Å². The van der Waals surface area contributed by atoms with E-state index in [1.54, 1.807) is 21.1 Å². The summed E-state index contributed by atoms with van der Waals surface area (Å²) in [5.74, 6) is -1.78. The lowest BCUT2D eigenvalue weighted by Crippen LogP contribution is -2.55. The van der Waals surface area contributed by atoms with Crippen molar-refractivity contribution in [2.45, 2.75) is 180 Å². The number of hydrogen-bond donors (Lipinski definition) is 0. The Balaban J connectivity index is 4.33. The van der Waals surface area contributed by atoms with Gasteiger partial charge in [-0.3, -0.25) is 9.59 Å². The van der Waals surface area contributed by atoms with Crippen LogP contribution in [0.3, 0.4) is 0 Å². The molecule has 0 amide bonds. The first-order valence-electron chi connectivity index (χ1n) is 21.8. The summed E-state index contributed by atoms with van der Waals surface area (Å²) in [5.41, 5.74) is 0. The molecule has 0 heterocycles. The molecule has 0 aliphatic rings. The number of nitrogens with zero attached hydrogens (tertiary/aromatic N) is 1. The van der Waals surface area contributed by atoms with Crippen LogP contribution in [0.15, 0.2) is 60.8 Å². The maximum atomic E-state index is 12.6. The van der Waals surface area contributed by atoms with E-state index in [1.165, 1.54) is 38.5 Å². The van der Waals surface area contributed by atoms with Gasteiger partial charge in [0.25, 0.3) is 0 Å². The van der Waals surface area contributed by atoms with Gasteiger partial charge in [0.1, 0.15) is 12.6 Å². The first-order valence-corrected chi connectivity index (χ1v) is 21.8. The summed E-state index contributed by atoms with van der Waals surface area (Å²) >= 11 is 0. The van der Waals surface area contributed by atoms with Crippen LogP contribution in [0.2, 0.25) is 0 Å². The number of carboxylic acid groups (broad SMARTS) is 1. The fourth-order valence-corrected chi connectivity index (χ4v) is 5.92. The van der Waals surface area contributed by atoms with E-state index < -0.39 is 18.1 Å². The molecule has 0 aromatic carbocycles. The predicted octanol–water partition coefficient (Wildman–Crippen LogP) is 10.5. The molecule has 0 bridgehead atoms. The summed E-state index contributed by atoms with van der Waals surface area (Å²) in [6.45, 7) is 4.54. The summed E-state index contributed by atoms with van der Waals surface area (Å²) in [5, 5.41) is 11.6. The van der Waals surface area contributed by atoms with Crippen LogP contribution >= 0.6 is 0 Å². The largest absolute Gasteiger partial charge is 0.544 e. The van der Waals surface area contributed by atoms with E-state index in [9.17, 15) is 19.5 Å². The highest BCUT2D eigenvalue weighted by Crippen LogP contribution is 2.12. The van der Waals surface area contributed by atoms with E-state index in [4.69, 9.17) is 14.2 Å². The van der Waals surface area contributed by atoms with Crippen molar-refractivity contribution in [2.75, 3.05) is 41.0 Å². The first kappa shape index (κ1) is 52.0. The van der Waals surface area contributed by atoms with E-state index in [-0.39, 0.29) is 42.7 Å². The number of aliphatic carboxylic acids is 1. The molecule has 0 saturated heterocycles. The highest BCUT2D eigenvalue weighted by atomic mass is 16.6. The van der Waals surface area contributed by atoms with Gasteiger partial charge in [0.2, 0.25) is 0 Å². The summed E-state index contributed by atoms with van der Waals surface area (Å²) in [6, 6.07) is -0.732. The zero-order valence-electron chi connectivity index (χ0n) is 35.8. The number of carbonyl (C=O) groups excluding carboxylic acids is 3. The van der Waals surface area contributed by atoms with Crippen LogP contribution in [-0.2, 0) is 28.6 Å². The van der Waals surface area contributed by atoms with E-state index in [0.29, 0.717) is 12.8 Å². The summed E-state index contributed by atoms with van der Waals surface area (Å²) < 4.78 is 17.1. The molecule has 0 rings (SSSR count). The van der Waals surface area contributed by atoms with Gasteiger partial charge in [0.05, 0.1) is 40.3 Å². The number of ether oxygens (including phenoxy) is 3. The lowest BCUT2D eigenvalue weighted by molar-refractivity contribution is -0.889. The van der Waals surface area contributed by atoms with Gasteiger partial charge in [-0.2, -0.15) is 0 Å². The van der Waals surface area contributed by atoms with E-state index >= 15 is 0 Å². The topological polar surface area (TPSA) is 102 Å². The average molecular weight is 772 g/mol. The minimum Gasteiger partial charge on any atom is -0.544 e. The Hall–Kier alpha value is -2.97. The number of quaternary nitrogens is 1. The maximum Gasteiger partial charge on any atom is 0.306 e. The third-order valence-electron chi connectivity index (χ3n) is 9.38. The molecular formula is C47H81NO7. The third-order valence-corrected chi connectivity index (χ3v) is 9.38. The molecule has 0 aliphatic heterocycles. The van der Waals surface area contributed by atoms with Crippen LogP contribution in [0.25, 0.3) is 0 Å². The van der Waals surface area contributed by atoms with Crippen LogP contribution < -0.4 is 5.11 Å². The number of esters is 2. The molecule has 55 heavy (non-hydrogen) atoms. The molecule has 316 valence electrons. The second-order valence-electron chi connectivity index (χ2n) is 15.6. The quantitative estimate of drug-likeness (QED) is 0.0266. The summed E-state index contributed by atoms with van der Waals surface area (Å²) in [7, 11) is 5.39. The number of carboxylic acids is 1. The molecule has 0 aliphatic carbocycles. The molecule has 8 heteroatoms. The Bertz CT molecular complexity index is 1090. The minimum absolute atomic E-state index is 0.0275. The molecule has 0 saturated carbocycles. The smallest absolute Gasteiger partial charge is 0.306 e. The van der Waals surface area contributed by atoms with Crippen LogP contribution in [0, 0.1) is 0 Å². The number of unbranched alkanes of at least 4 members (excludes halogenated alkanes) is 14. The predicted molar refractivity (Wildman–Crippen MR) is 226 cm³/mol. The van der Waals surface area contributed by atoms with Gasteiger partial charge in [-0.25, -0.2) is 0 Å². The molecule has 0 N–H and O–H groups in total. The Morgan fingerprint density at radius 2 is 0.982 bits per heavy atom. The van der Waals surface area contributed by atoms with Crippen LogP contribution in [0.1, 0.15) is 168 Å². The van der Waals surface area contributed by atoms with Gasteiger partial charge in [-0.1, -0.05) is 132 Å². The van der Waals surface area contributed by atoms with Gasteiger partial charge >= 0.3 is 11.9 Å². The molecule has 0 aromatic rings. The Kier molecular flexibility index (Phi) is 35.9. The van der Waals surface area contributed by atoms with Gasteiger partial charge in [0, 0.05) is 19.3 Å². The highest BCUT2D eigenvalue weighted by molar-refractivity contribution is 5.70. The van der Waals surface area contributed by atoms with Crippen molar-refractivity contribution in [3.63, 3.8) is 0 Å². The van der Waals surface area contributed by atoms with Crippen molar-refractivity contribution < 1.29 is 38.2 Å². The fraction of sp³-hybridized carbons (Fsp3) is 0.723. The van der Waals surface area contributed by atoms with Crippen molar-refractivity contribution >= 4 is 17.9 Å².